The molecule has 6 heteroatoms. The summed E-state index contributed by atoms with van der Waals surface area (Å²) in [6.45, 7) is 0.632. The minimum absolute atomic E-state index is 0.0361. The summed E-state index contributed by atoms with van der Waals surface area (Å²) in [6.07, 6.45) is 0. The Balaban J connectivity index is 2.74. The average molecular weight is 264 g/mol. The van der Waals surface area contributed by atoms with Crippen LogP contribution in [0.2, 0.25) is 0 Å². The molecule has 0 radical (unpaired) electrons. The molecule has 1 rings (SSSR count). The highest BCUT2D eigenvalue weighted by Gasteiger charge is 2.14. The third-order valence-electron chi connectivity index (χ3n) is 2.59. The zero-order chi connectivity index (χ0) is 14.4. The first-order chi connectivity index (χ1) is 8.88. The first kappa shape index (κ1) is 15.0. The molecule has 19 heavy (non-hydrogen) atoms. The number of amides is 2. The zero-order valence-electron chi connectivity index (χ0n) is 11.3. The summed E-state index contributed by atoms with van der Waals surface area (Å²) in [6, 6.07) is 7.33. The molecule has 0 fully saturated rings. The number of likely N-dealkylation sites (N-methyl/N-ethyl adjacent to an activating group) is 1. The van der Waals surface area contributed by atoms with Crippen LogP contribution in [0.1, 0.15) is 5.56 Å². The average Bonchev–Trinajstić information content (AvgIpc) is 2.27. The molecule has 0 aliphatic rings. The van der Waals surface area contributed by atoms with E-state index in [1.54, 1.807) is 25.1 Å². The van der Waals surface area contributed by atoms with Gasteiger partial charge in [-0.25, -0.2) is 0 Å². The lowest BCUT2D eigenvalue weighted by Crippen LogP contribution is -2.40. The Morgan fingerprint density at radius 3 is 2.42 bits per heavy atom. The number of rotatable bonds is 6. The second-order valence-electron chi connectivity index (χ2n) is 4.64. The maximum absolute atomic E-state index is 11.7. The minimum Gasteiger partial charge on any atom is -0.399 e. The summed E-state index contributed by atoms with van der Waals surface area (Å²) in [5.41, 5.74) is 12.5. The fraction of sp³-hybridized carbons (Fsp3) is 0.385. The molecular weight excluding hydrogens is 244 g/mol. The number of nitrogens with zero attached hydrogens (tertiary/aromatic N) is 2. The zero-order valence-corrected chi connectivity index (χ0v) is 11.3. The molecule has 6 nitrogen and oxygen atoms in total. The van der Waals surface area contributed by atoms with Crippen molar-refractivity contribution in [2.24, 2.45) is 5.73 Å². The molecule has 0 atom stereocenters. The van der Waals surface area contributed by atoms with E-state index in [4.69, 9.17) is 11.5 Å². The summed E-state index contributed by atoms with van der Waals surface area (Å²) < 4.78 is 0. The monoisotopic (exact) mass is 264 g/mol. The van der Waals surface area contributed by atoms with Gasteiger partial charge in [-0.3, -0.25) is 14.5 Å². The number of hydrogen-bond acceptors (Lipinski definition) is 4. The van der Waals surface area contributed by atoms with Gasteiger partial charge < -0.3 is 16.4 Å². The predicted molar refractivity (Wildman–Crippen MR) is 74.0 cm³/mol. The first-order valence-electron chi connectivity index (χ1n) is 5.93. The number of carbonyl (C=O) groups is 2. The smallest absolute Gasteiger partial charge is 0.236 e. The van der Waals surface area contributed by atoms with Crippen molar-refractivity contribution in [3.8, 4) is 0 Å². The second-order valence-corrected chi connectivity index (χ2v) is 4.64. The molecule has 104 valence electrons. The number of primary amides is 1. The molecule has 0 saturated heterocycles. The second kappa shape index (κ2) is 6.75. The maximum atomic E-state index is 11.7. The molecule has 0 spiro atoms. The third-order valence-corrected chi connectivity index (χ3v) is 2.59. The highest BCUT2D eigenvalue weighted by atomic mass is 16.2. The highest BCUT2D eigenvalue weighted by molar-refractivity contribution is 5.80. The summed E-state index contributed by atoms with van der Waals surface area (Å²) in [7, 11) is 3.34. The van der Waals surface area contributed by atoms with Crippen LogP contribution in [0.5, 0.6) is 0 Å². The molecule has 0 unspecified atom stereocenters. The van der Waals surface area contributed by atoms with Crippen LogP contribution in [0.3, 0.4) is 0 Å². The molecule has 0 saturated carbocycles. The largest absolute Gasteiger partial charge is 0.399 e. The van der Waals surface area contributed by atoms with Crippen molar-refractivity contribution >= 4 is 17.5 Å². The molecule has 0 aliphatic heterocycles. The molecular formula is C13H20N4O2. The van der Waals surface area contributed by atoms with Crippen LogP contribution in [0.4, 0.5) is 5.69 Å². The molecule has 0 heterocycles. The van der Waals surface area contributed by atoms with E-state index >= 15 is 0 Å². The highest BCUT2D eigenvalue weighted by Crippen LogP contribution is 2.09. The maximum Gasteiger partial charge on any atom is 0.236 e. The van der Waals surface area contributed by atoms with Gasteiger partial charge in [0.15, 0.2) is 0 Å². The van der Waals surface area contributed by atoms with E-state index in [0.29, 0.717) is 12.2 Å². The van der Waals surface area contributed by atoms with Crippen LogP contribution in [0.15, 0.2) is 24.3 Å². The SMILES string of the molecule is CN(C)C(=O)CN(CC(N)=O)Cc1cccc(N)c1. The van der Waals surface area contributed by atoms with E-state index < -0.39 is 5.91 Å². The number of nitrogens with two attached hydrogens (primary N) is 2. The van der Waals surface area contributed by atoms with Crippen molar-refractivity contribution in [3.05, 3.63) is 29.8 Å². The van der Waals surface area contributed by atoms with Crippen LogP contribution in [-0.4, -0.2) is 48.8 Å². The Morgan fingerprint density at radius 1 is 1.21 bits per heavy atom. The van der Waals surface area contributed by atoms with Crippen LogP contribution >= 0.6 is 0 Å². The molecule has 4 N–H and O–H groups in total. The van der Waals surface area contributed by atoms with Crippen molar-refractivity contribution < 1.29 is 9.59 Å². The van der Waals surface area contributed by atoms with E-state index in [9.17, 15) is 9.59 Å². The van der Waals surface area contributed by atoms with Gasteiger partial charge in [0.1, 0.15) is 0 Å². The van der Waals surface area contributed by atoms with Crippen molar-refractivity contribution in [2.45, 2.75) is 6.54 Å². The Hall–Kier alpha value is -2.08. The van der Waals surface area contributed by atoms with Gasteiger partial charge in [-0.05, 0) is 17.7 Å². The normalized spacial score (nSPS) is 10.5. The summed E-state index contributed by atoms with van der Waals surface area (Å²) in [4.78, 5) is 25.9. The van der Waals surface area contributed by atoms with E-state index in [2.05, 4.69) is 0 Å². The van der Waals surface area contributed by atoms with Crippen LogP contribution in [0.25, 0.3) is 0 Å². The van der Waals surface area contributed by atoms with Crippen LogP contribution < -0.4 is 11.5 Å². The number of anilines is 1. The Morgan fingerprint density at radius 2 is 1.89 bits per heavy atom. The quantitative estimate of drug-likeness (QED) is 0.686. The van der Waals surface area contributed by atoms with E-state index in [0.717, 1.165) is 5.56 Å². The third kappa shape index (κ3) is 5.39. The molecule has 0 bridgehead atoms. The van der Waals surface area contributed by atoms with Gasteiger partial charge in [0.2, 0.25) is 11.8 Å². The Kier molecular flexibility index (Phi) is 5.32. The van der Waals surface area contributed by atoms with Crippen molar-refractivity contribution in [1.29, 1.82) is 0 Å². The summed E-state index contributed by atoms with van der Waals surface area (Å²) in [5.74, 6) is -0.541. The fourth-order valence-corrected chi connectivity index (χ4v) is 1.67. The number of nitrogen functional groups attached to an aromatic ring is 1. The summed E-state index contributed by atoms with van der Waals surface area (Å²) >= 11 is 0. The lowest BCUT2D eigenvalue weighted by molar-refractivity contribution is -0.130. The predicted octanol–water partition coefficient (Wildman–Crippen LogP) is -0.356. The van der Waals surface area contributed by atoms with Gasteiger partial charge in [-0.1, -0.05) is 12.1 Å². The van der Waals surface area contributed by atoms with E-state index in [1.165, 1.54) is 4.90 Å². The van der Waals surface area contributed by atoms with Crippen molar-refractivity contribution in [3.63, 3.8) is 0 Å². The molecule has 0 aromatic heterocycles. The minimum atomic E-state index is -0.463. The van der Waals surface area contributed by atoms with E-state index in [-0.39, 0.29) is 19.0 Å². The fourth-order valence-electron chi connectivity index (χ4n) is 1.67. The van der Waals surface area contributed by atoms with Crippen molar-refractivity contribution in [1.82, 2.24) is 9.80 Å². The van der Waals surface area contributed by atoms with Gasteiger partial charge in [0.05, 0.1) is 13.1 Å². The van der Waals surface area contributed by atoms with Gasteiger partial charge in [0, 0.05) is 26.3 Å². The van der Waals surface area contributed by atoms with Crippen LogP contribution in [-0.2, 0) is 16.1 Å². The van der Waals surface area contributed by atoms with Crippen molar-refractivity contribution in [2.75, 3.05) is 32.9 Å². The number of hydrogen-bond donors (Lipinski definition) is 2. The van der Waals surface area contributed by atoms with Gasteiger partial charge >= 0.3 is 0 Å². The molecule has 2 amide bonds. The lowest BCUT2D eigenvalue weighted by Gasteiger charge is -2.22. The van der Waals surface area contributed by atoms with Gasteiger partial charge in [0.25, 0.3) is 0 Å². The summed E-state index contributed by atoms with van der Waals surface area (Å²) in [5, 5.41) is 0. The Bertz CT molecular complexity index is 460. The lowest BCUT2D eigenvalue weighted by atomic mass is 10.2. The molecule has 1 aromatic rings. The van der Waals surface area contributed by atoms with Crippen LogP contribution in [0, 0.1) is 0 Å². The number of benzene rings is 1. The number of carbonyl (C=O) groups excluding carboxylic acids is 2. The standard InChI is InChI=1S/C13H20N4O2/c1-16(2)13(19)9-17(8-12(15)18)7-10-4-3-5-11(14)6-10/h3-6H,7-9,14H2,1-2H3,(H2,15,18). The topological polar surface area (TPSA) is 92.7 Å². The first-order valence-corrected chi connectivity index (χ1v) is 5.93. The van der Waals surface area contributed by atoms with E-state index in [1.807, 2.05) is 18.2 Å². The van der Waals surface area contributed by atoms with Gasteiger partial charge in [-0.15, -0.1) is 0 Å². The Labute approximate surface area is 113 Å². The molecule has 0 aliphatic carbocycles. The molecule has 1 aromatic carbocycles. The van der Waals surface area contributed by atoms with Gasteiger partial charge in [-0.2, -0.15) is 0 Å².